The number of carbonyl (C=O) groups excluding carboxylic acids is 1. The Hall–Kier alpha value is -1.52. The van der Waals surface area contributed by atoms with Crippen molar-refractivity contribution in [1.82, 2.24) is 0 Å². The second-order valence-corrected chi connectivity index (χ2v) is 6.61. The van der Waals surface area contributed by atoms with Gasteiger partial charge in [0.05, 0.1) is 22.0 Å². The topological polar surface area (TPSA) is 32.3 Å². The summed E-state index contributed by atoms with van der Waals surface area (Å²) in [7, 11) is 0. The average Bonchev–Trinajstić information content (AvgIpc) is 3.04. The van der Waals surface area contributed by atoms with Gasteiger partial charge in [-0.25, -0.2) is 0 Å². The van der Waals surface area contributed by atoms with Crippen molar-refractivity contribution in [3.8, 4) is 0 Å². The Balaban J connectivity index is 1.86. The standard InChI is InChI=1S/C17H16BrClN2O/c18-12-7-8-14(19)13(11-12)17(22)20-15-5-1-2-6-16(15)21-9-3-4-10-21/h1-2,5-8,11H,3-4,9-10H2,(H,20,22). The molecule has 1 aliphatic heterocycles. The molecule has 3 rings (SSSR count). The third kappa shape index (κ3) is 3.28. The lowest BCUT2D eigenvalue weighted by atomic mass is 10.2. The lowest BCUT2D eigenvalue weighted by molar-refractivity contribution is 0.102. The fourth-order valence-electron chi connectivity index (χ4n) is 2.67. The van der Waals surface area contributed by atoms with E-state index < -0.39 is 0 Å². The Morgan fingerprint density at radius 2 is 1.86 bits per heavy atom. The van der Waals surface area contributed by atoms with Crippen LogP contribution in [0.2, 0.25) is 5.02 Å². The maximum absolute atomic E-state index is 12.5. The summed E-state index contributed by atoms with van der Waals surface area (Å²) in [4.78, 5) is 14.8. The van der Waals surface area contributed by atoms with Gasteiger partial charge in [-0.2, -0.15) is 0 Å². The smallest absolute Gasteiger partial charge is 0.257 e. The molecule has 0 saturated carbocycles. The lowest BCUT2D eigenvalue weighted by Crippen LogP contribution is -2.21. The minimum Gasteiger partial charge on any atom is -0.370 e. The molecule has 1 aliphatic rings. The highest BCUT2D eigenvalue weighted by Crippen LogP contribution is 2.30. The summed E-state index contributed by atoms with van der Waals surface area (Å²) >= 11 is 9.50. The molecular weight excluding hydrogens is 364 g/mol. The molecule has 0 atom stereocenters. The van der Waals surface area contributed by atoms with Crippen LogP contribution >= 0.6 is 27.5 Å². The predicted octanol–water partition coefficient (Wildman–Crippen LogP) is 4.96. The molecule has 3 nitrogen and oxygen atoms in total. The fraction of sp³-hybridized carbons (Fsp3) is 0.235. The van der Waals surface area contributed by atoms with Crippen molar-refractivity contribution in [3.63, 3.8) is 0 Å². The molecule has 114 valence electrons. The zero-order valence-corrected chi connectivity index (χ0v) is 14.3. The van der Waals surface area contributed by atoms with Gasteiger partial charge in [0.15, 0.2) is 0 Å². The number of anilines is 2. The number of benzene rings is 2. The molecule has 1 N–H and O–H groups in total. The summed E-state index contributed by atoms with van der Waals surface area (Å²) in [5, 5.41) is 3.43. The maximum Gasteiger partial charge on any atom is 0.257 e. The normalized spacial score (nSPS) is 14.2. The van der Waals surface area contributed by atoms with Crippen LogP contribution in [0, 0.1) is 0 Å². The lowest BCUT2D eigenvalue weighted by Gasteiger charge is -2.21. The van der Waals surface area contributed by atoms with E-state index >= 15 is 0 Å². The monoisotopic (exact) mass is 378 g/mol. The Morgan fingerprint density at radius 1 is 1.14 bits per heavy atom. The molecule has 5 heteroatoms. The van der Waals surface area contributed by atoms with Crippen molar-refractivity contribution in [2.75, 3.05) is 23.3 Å². The van der Waals surface area contributed by atoms with E-state index in [1.165, 1.54) is 12.8 Å². The van der Waals surface area contributed by atoms with Gasteiger partial charge in [0, 0.05) is 17.6 Å². The zero-order valence-electron chi connectivity index (χ0n) is 12.0. The van der Waals surface area contributed by atoms with Crippen molar-refractivity contribution in [2.24, 2.45) is 0 Å². The summed E-state index contributed by atoms with van der Waals surface area (Å²) in [6.07, 6.45) is 2.39. The van der Waals surface area contributed by atoms with Crippen molar-refractivity contribution >= 4 is 44.8 Å². The molecule has 0 radical (unpaired) electrons. The Labute approximate surface area is 143 Å². The van der Waals surface area contributed by atoms with Crippen LogP contribution in [0.4, 0.5) is 11.4 Å². The molecule has 0 aliphatic carbocycles. The Bertz CT molecular complexity index is 699. The van der Waals surface area contributed by atoms with E-state index in [-0.39, 0.29) is 5.91 Å². The van der Waals surface area contributed by atoms with Crippen molar-refractivity contribution < 1.29 is 4.79 Å². The third-order valence-electron chi connectivity index (χ3n) is 3.77. The molecule has 0 aromatic heterocycles. The van der Waals surface area contributed by atoms with Crippen LogP contribution in [0.25, 0.3) is 0 Å². The first-order chi connectivity index (χ1) is 10.6. The molecule has 0 bridgehead atoms. The predicted molar refractivity (Wildman–Crippen MR) is 95.0 cm³/mol. The number of hydrogen-bond donors (Lipinski definition) is 1. The molecule has 1 fully saturated rings. The largest absolute Gasteiger partial charge is 0.370 e. The molecule has 22 heavy (non-hydrogen) atoms. The number of hydrogen-bond acceptors (Lipinski definition) is 2. The Morgan fingerprint density at radius 3 is 2.64 bits per heavy atom. The number of rotatable bonds is 3. The summed E-state index contributed by atoms with van der Waals surface area (Å²) < 4.78 is 0.829. The highest BCUT2D eigenvalue weighted by Gasteiger charge is 2.18. The molecule has 1 saturated heterocycles. The Kier molecular flexibility index (Phi) is 4.69. The number of amides is 1. The van der Waals surface area contributed by atoms with Gasteiger partial charge < -0.3 is 10.2 Å². The molecular formula is C17H16BrClN2O. The van der Waals surface area contributed by atoms with Gasteiger partial charge in [-0.15, -0.1) is 0 Å². The van der Waals surface area contributed by atoms with E-state index in [9.17, 15) is 4.79 Å². The van der Waals surface area contributed by atoms with Gasteiger partial charge in [-0.3, -0.25) is 4.79 Å². The quantitative estimate of drug-likeness (QED) is 0.818. The van der Waals surface area contributed by atoms with Crippen molar-refractivity contribution in [1.29, 1.82) is 0 Å². The molecule has 0 unspecified atom stereocenters. The van der Waals surface area contributed by atoms with Gasteiger partial charge in [0.25, 0.3) is 5.91 Å². The summed E-state index contributed by atoms with van der Waals surface area (Å²) in [6.45, 7) is 2.06. The van der Waals surface area contributed by atoms with E-state index in [2.05, 4.69) is 26.1 Å². The minimum atomic E-state index is -0.196. The van der Waals surface area contributed by atoms with E-state index in [4.69, 9.17) is 11.6 Å². The molecule has 1 amide bonds. The minimum absolute atomic E-state index is 0.196. The number of nitrogens with one attached hydrogen (secondary N) is 1. The molecule has 0 spiro atoms. The summed E-state index contributed by atoms with van der Waals surface area (Å²) in [5.41, 5.74) is 2.36. The van der Waals surface area contributed by atoms with Gasteiger partial charge in [0.1, 0.15) is 0 Å². The fourth-order valence-corrected chi connectivity index (χ4v) is 3.24. The van der Waals surface area contributed by atoms with Gasteiger partial charge in [-0.1, -0.05) is 39.7 Å². The highest BCUT2D eigenvalue weighted by atomic mass is 79.9. The van der Waals surface area contributed by atoms with Crippen LogP contribution < -0.4 is 10.2 Å². The summed E-state index contributed by atoms with van der Waals surface area (Å²) in [5.74, 6) is -0.196. The second-order valence-electron chi connectivity index (χ2n) is 5.29. The van der Waals surface area contributed by atoms with E-state index in [0.717, 1.165) is 28.9 Å². The molecule has 1 heterocycles. The van der Waals surface area contributed by atoms with Crippen molar-refractivity contribution in [2.45, 2.75) is 12.8 Å². The van der Waals surface area contributed by atoms with Gasteiger partial charge >= 0.3 is 0 Å². The molecule has 2 aromatic rings. The van der Waals surface area contributed by atoms with Crippen LogP contribution in [0.5, 0.6) is 0 Å². The molecule has 2 aromatic carbocycles. The number of halogens is 2. The first-order valence-electron chi connectivity index (χ1n) is 7.25. The number of para-hydroxylation sites is 2. The van der Waals surface area contributed by atoms with Gasteiger partial charge in [-0.05, 0) is 43.2 Å². The average molecular weight is 380 g/mol. The van der Waals surface area contributed by atoms with Crippen LogP contribution in [-0.4, -0.2) is 19.0 Å². The first-order valence-corrected chi connectivity index (χ1v) is 8.42. The van der Waals surface area contributed by atoms with Crippen LogP contribution in [0.1, 0.15) is 23.2 Å². The number of nitrogens with zero attached hydrogens (tertiary/aromatic N) is 1. The van der Waals surface area contributed by atoms with Crippen LogP contribution in [0.15, 0.2) is 46.9 Å². The van der Waals surface area contributed by atoms with Crippen molar-refractivity contribution in [3.05, 3.63) is 57.5 Å². The summed E-state index contributed by atoms with van der Waals surface area (Å²) in [6, 6.07) is 13.2. The van der Waals surface area contributed by atoms with Gasteiger partial charge in [0.2, 0.25) is 0 Å². The highest BCUT2D eigenvalue weighted by molar-refractivity contribution is 9.10. The SMILES string of the molecule is O=C(Nc1ccccc1N1CCCC1)c1cc(Br)ccc1Cl. The van der Waals surface area contributed by atoms with Crippen LogP contribution in [-0.2, 0) is 0 Å². The maximum atomic E-state index is 12.5. The second kappa shape index (κ2) is 6.71. The van der Waals surface area contributed by atoms with E-state index in [1.807, 2.05) is 30.3 Å². The van der Waals surface area contributed by atoms with E-state index in [1.54, 1.807) is 12.1 Å². The number of carbonyl (C=O) groups is 1. The zero-order chi connectivity index (χ0) is 15.5. The van der Waals surface area contributed by atoms with Crippen LogP contribution in [0.3, 0.4) is 0 Å². The van der Waals surface area contributed by atoms with E-state index in [0.29, 0.717) is 10.6 Å². The first kappa shape index (κ1) is 15.4. The third-order valence-corrected chi connectivity index (χ3v) is 4.59.